The van der Waals surface area contributed by atoms with Crippen LogP contribution >= 0.6 is 0 Å². The summed E-state index contributed by atoms with van der Waals surface area (Å²) in [6, 6.07) is 19.4. The Hall–Kier alpha value is -2.37. The lowest BCUT2D eigenvalue weighted by Crippen LogP contribution is -2.48. The Bertz CT molecular complexity index is 768. The van der Waals surface area contributed by atoms with Crippen molar-refractivity contribution in [2.45, 2.75) is 58.9 Å². The molecule has 2 aromatic rings. The van der Waals surface area contributed by atoms with E-state index in [1.54, 1.807) is 0 Å². The molecule has 0 aromatic heterocycles. The standard InChI is InChI=1S/C26H38N4O/c1-3-16-30-17-14-25(15-18-30)29-26(27-4-2)28-19-22-10-12-24(13-11-22)21-31-20-23-8-6-5-7-9-23/h5-13,25H,3-4,14-21H2,1-2H3,(H2,27,28,29). The van der Waals surface area contributed by atoms with E-state index in [0.29, 0.717) is 25.8 Å². The lowest BCUT2D eigenvalue weighted by molar-refractivity contribution is 0.107. The highest BCUT2D eigenvalue weighted by Gasteiger charge is 2.19. The van der Waals surface area contributed by atoms with E-state index in [0.717, 1.165) is 12.5 Å². The van der Waals surface area contributed by atoms with Crippen LogP contribution in [0.25, 0.3) is 0 Å². The van der Waals surface area contributed by atoms with Crippen molar-refractivity contribution in [2.75, 3.05) is 26.2 Å². The second-order valence-corrected chi connectivity index (χ2v) is 8.25. The van der Waals surface area contributed by atoms with Crippen molar-refractivity contribution >= 4 is 5.96 Å². The normalized spacial score (nSPS) is 15.7. The Morgan fingerprint density at radius 2 is 1.58 bits per heavy atom. The van der Waals surface area contributed by atoms with Crippen LogP contribution < -0.4 is 10.6 Å². The Kier molecular flexibility index (Phi) is 9.87. The number of rotatable bonds is 10. The van der Waals surface area contributed by atoms with Gasteiger partial charge in [-0.1, -0.05) is 61.5 Å². The van der Waals surface area contributed by atoms with Crippen LogP contribution in [-0.4, -0.2) is 43.1 Å². The van der Waals surface area contributed by atoms with E-state index >= 15 is 0 Å². The predicted molar refractivity (Wildman–Crippen MR) is 129 cm³/mol. The third kappa shape index (κ3) is 8.35. The fraction of sp³-hybridized carbons (Fsp3) is 0.500. The van der Waals surface area contributed by atoms with Gasteiger partial charge in [0.15, 0.2) is 5.96 Å². The van der Waals surface area contributed by atoms with Gasteiger partial charge in [-0.15, -0.1) is 0 Å². The first-order chi connectivity index (χ1) is 15.3. The first kappa shape index (κ1) is 23.3. The smallest absolute Gasteiger partial charge is 0.191 e. The molecule has 1 saturated heterocycles. The number of likely N-dealkylation sites (tertiary alicyclic amines) is 1. The average Bonchev–Trinajstić information content (AvgIpc) is 2.81. The number of ether oxygens (including phenoxy) is 1. The second kappa shape index (κ2) is 13.1. The molecule has 2 N–H and O–H groups in total. The van der Waals surface area contributed by atoms with Crippen molar-refractivity contribution in [3.05, 3.63) is 71.3 Å². The van der Waals surface area contributed by atoms with Gasteiger partial charge >= 0.3 is 0 Å². The molecule has 3 rings (SSSR count). The monoisotopic (exact) mass is 422 g/mol. The number of benzene rings is 2. The molecule has 1 heterocycles. The minimum atomic E-state index is 0.509. The SMILES string of the molecule is CCCN1CCC(NC(=NCc2ccc(COCc3ccccc3)cc2)NCC)CC1. The molecular formula is C26H38N4O. The molecule has 0 radical (unpaired) electrons. The Labute approximate surface area is 187 Å². The molecule has 1 fully saturated rings. The maximum Gasteiger partial charge on any atom is 0.191 e. The lowest BCUT2D eigenvalue weighted by atomic mass is 10.1. The van der Waals surface area contributed by atoms with Crippen molar-refractivity contribution < 1.29 is 4.74 Å². The summed E-state index contributed by atoms with van der Waals surface area (Å²) in [6.07, 6.45) is 3.60. The van der Waals surface area contributed by atoms with Crippen LogP contribution in [0.4, 0.5) is 0 Å². The van der Waals surface area contributed by atoms with Crippen molar-refractivity contribution in [3.8, 4) is 0 Å². The Morgan fingerprint density at radius 3 is 2.23 bits per heavy atom. The van der Waals surface area contributed by atoms with Crippen molar-refractivity contribution in [2.24, 2.45) is 4.99 Å². The topological polar surface area (TPSA) is 48.9 Å². The van der Waals surface area contributed by atoms with Crippen LogP contribution in [-0.2, 0) is 24.5 Å². The summed E-state index contributed by atoms with van der Waals surface area (Å²) in [4.78, 5) is 7.38. The third-order valence-corrected chi connectivity index (χ3v) is 5.64. The van der Waals surface area contributed by atoms with E-state index in [1.165, 1.54) is 55.6 Å². The summed E-state index contributed by atoms with van der Waals surface area (Å²) in [7, 11) is 0. The summed E-state index contributed by atoms with van der Waals surface area (Å²) in [5.41, 5.74) is 3.60. The van der Waals surface area contributed by atoms with Gasteiger partial charge in [-0.2, -0.15) is 0 Å². The van der Waals surface area contributed by atoms with Crippen LogP contribution in [0.1, 0.15) is 49.8 Å². The van der Waals surface area contributed by atoms with Gasteiger partial charge in [0.05, 0.1) is 19.8 Å². The van der Waals surface area contributed by atoms with Crippen LogP contribution in [0.3, 0.4) is 0 Å². The van der Waals surface area contributed by atoms with E-state index in [2.05, 4.69) is 65.8 Å². The Morgan fingerprint density at radius 1 is 0.935 bits per heavy atom. The third-order valence-electron chi connectivity index (χ3n) is 5.64. The maximum absolute atomic E-state index is 5.83. The minimum Gasteiger partial charge on any atom is -0.372 e. The van der Waals surface area contributed by atoms with Gasteiger partial charge in [0, 0.05) is 25.7 Å². The molecular weight excluding hydrogens is 384 g/mol. The molecule has 0 aliphatic carbocycles. The zero-order valence-electron chi connectivity index (χ0n) is 19.1. The van der Waals surface area contributed by atoms with Crippen LogP contribution in [0.2, 0.25) is 0 Å². The van der Waals surface area contributed by atoms with Crippen molar-refractivity contribution in [3.63, 3.8) is 0 Å². The van der Waals surface area contributed by atoms with E-state index in [1.807, 2.05) is 18.2 Å². The lowest BCUT2D eigenvalue weighted by Gasteiger charge is -2.32. The highest BCUT2D eigenvalue weighted by Crippen LogP contribution is 2.11. The summed E-state index contributed by atoms with van der Waals surface area (Å²) in [5, 5.41) is 7.03. The molecule has 0 amide bonds. The van der Waals surface area contributed by atoms with Gasteiger partial charge in [-0.25, -0.2) is 4.99 Å². The molecule has 5 nitrogen and oxygen atoms in total. The van der Waals surface area contributed by atoms with Crippen LogP contribution in [0.15, 0.2) is 59.6 Å². The van der Waals surface area contributed by atoms with Gasteiger partial charge in [0.1, 0.15) is 0 Å². The second-order valence-electron chi connectivity index (χ2n) is 8.25. The van der Waals surface area contributed by atoms with Gasteiger partial charge in [0.2, 0.25) is 0 Å². The number of guanidine groups is 1. The molecule has 0 atom stereocenters. The van der Waals surface area contributed by atoms with E-state index in [9.17, 15) is 0 Å². The molecule has 0 bridgehead atoms. The van der Waals surface area contributed by atoms with Gasteiger partial charge in [-0.3, -0.25) is 0 Å². The molecule has 5 heteroatoms. The van der Waals surface area contributed by atoms with Crippen molar-refractivity contribution in [1.29, 1.82) is 0 Å². The summed E-state index contributed by atoms with van der Waals surface area (Å²) in [6.45, 7) is 10.8. The van der Waals surface area contributed by atoms with Gasteiger partial charge in [0.25, 0.3) is 0 Å². The molecule has 0 spiro atoms. The maximum atomic E-state index is 5.83. The number of nitrogens with zero attached hydrogens (tertiary/aromatic N) is 2. The summed E-state index contributed by atoms with van der Waals surface area (Å²) < 4.78 is 5.83. The number of hydrogen-bond donors (Lipinski definition) is 2. The van der Waals surface area contributed by atoms with Crippen LogP contribution in [0.5, 0.6) is 0 Å². The van der Waals surface area contributed by atoms with E-state index in [4.69, 9.17) is 9.73 Å². The molecule has 31 heavy (non-hydrogen) atoms. The zero-order chi connectivity index (χ0) is 21.7. The molecule has 2 aromatic carbocycles. The molecule has 168 valence electrons. The fourth-order valence-electron chi connectivity index (χ4n) is 3.90. The molecule has 1 aliphatic rings. The first-order valence-corrected chi connectivity index (χ1v) is 11.7. The number of aliphatic imine (C=N–C) groups is 1. The highest BCUT2D eigenvalue weighted by atomic mass is 16.5. The predicted octanol–water partition coefficient (Wildman–Crippen LogP) is 4.33. The van der Waals surface area contributed by atoms with E-state index < -0.39 is 0 Å². The zero-order valence-corrected chi connectivity index (χ0v) is 19.1. The van der Waals surface area contributed by atoms with Gasteiger partial charge < -0.3 is 20.3 Å². The summed E-state index contributed by atoms with van der Waals surface area (Å²) in [5.74, 6) is 0.923. The number of piperidine rings is 1. The molecule has 1 aliphatic heterocycles. The number of nitrogens with one attached hydrogen (secondary N) is 2. The quantitative estimate of drug-likeness (QED) is 0.442. The van der Waals surface area contributed by atoms with E-state index in [-0.39, 0.29) is 0 Å². The number of hydrogen-bond acceptors (Lipinski definition) is 3. The average molecular weight is 423 g/mol. The minimum absolute atomic E-state index is 0.509. The Balaban J connectivity index is 1.44. The molecule has 0 saturated carbocycles. The largest absolute Gasteiger partial charge is 0.372 e. The summed E-state index contributed by atoms with van der Waals surface area (Å²) >= 11 is 0. The highest BCUT2D eigenvalue weighted by molar-refractivity contribution is 5.80. The first-order valence-electron chi connectivity index (χ1n) is 11.7. The van der Waals surface area contributed by atoms with Crippen molar-refractivity contribution in [1.82, 2.24) is 15.5 Å². The van der Waals surface area contributed by atoms with Crippen LogP contribution in [0, 0.1) is 0 Å². The molecule has 0 unspecified atom stereocenters. The van der Waals surface area contributed by atoms with Gasteiger partial charge in [-0.05, 0) is 49.4 Å². The fourth-order valence-corrected chi connectivity index (χ4v) is 3.90.